The zero-order valence-electron chi connectivity index (χ0n) is 16.6. The van der Waals surface area contributed by atoms with E-state index < -0.39 is 0 Å². The Morgan fingerprint density at radius 3 is 2.64 bits per heavy atom. The summed E-state index contributed by atoms with van der Waals surface area (Å²) in [5.74, 6) is 0.681. The fourth-order valence-electron chi connectivity index (χ4n) is 3.79. The third-order valence-corrected chi connectivity index (χ3v) is 5.16. The summed E-state index contributed by atoms with van der Waals surface area (Å²) >= 11 is 0. The summed E-state index contributed by atoms with van der Waals surface area (Å²) in [4.78, 5) is 31.4. The topological polar surface area (TPSA) is 59.5 Å². The zero-order chi connectivity index (χ0) is 20.1. The van der Waals surface area contributed by atoms with Crippen molar-refractivity contribution in [2.75, 3.05) is 20.2 Å². The molecule has 5 heteroatoms. The number of hydrogen-bond donors (Lipinski definition) is 0. The highest BCUT2D eigenvalue weighted by molar-refractivity contribution is 5.99. The fourth-order valence-corrected chi connectivity index (χ4v) is 3.79. The third-order valence-electron chi connectivity index (χ3n) is 5.16. The van der Waals surface area contributed by atoms with E-state index in [1.54, 1.807) is 36.6 Å². The first kappa shape index (κ1) is 19.8. The highest BCUT2D eigenvalue weighted by Gasteiger charge is 2.28. The molecule has 1 aliphatic rings. The molecule has 1 atom stereocenters. The van der Waals surface area contributed by atoms with Gasteiger partial charge in [-0.2, -0.15) is 0 Å². The molecule has 1 aromatic carbocycles. The lowest BCUT2D eigenvalue weighted by Crippen LogP contribution is -2.41. The number of hydrogen-bond acceptors (Lipinski definition) is 4. The SMILES string of the molecule is COc1c(C)cc(C(=O)C2CCCN(C(=O)/C=C/c3cccnc3)C2)cc1C. The number of carbonyl (C=O) groups excluding carboxylic acids is 2. The first-order valence-electron chi connectivity index (χ1n) is 9.56. The Balaban J connectivity index is 1.70. The van der Waals surface area contributed by atoms with Crippen molar-refractivity contribution in [2.45, 2.75) is 26.7 Å². The standard InChI is InChI=1S/C23H26N2O3/c1-16-12-20(13-17(2)23(16)28-3)22(27)19-7-5-11-25(15-19)21(26)9-8-18-6-4-10-24-14-18/h4,6,8-10,12-14,19H,5,7,11,15H2,1-3H3/b9-8+. The molecule has 0 radical (unpaired) electrons. The Hall–Kier alpha value is -2.95. The maximum absolute atomic E-state index is 13.0. The quantitative estimate of drug-likeness (QED) is 0.586. The summed E-state index contributed by atoms with van der Waals surface area (Å²) in [6, 6.07) is 7.50. The maximum Gasteiger partial charge on any atom is 0.246 e. The van der Waals surface area contributed by atoms with Crippen LogP contribution in [0.4, 0.5) is 0 Å². The van der Waals surface area contributed by atoms with Crippen molar-refractivity contribution >= 4 is 17.8 Å². The summed E-state index contributed by atoms with van der Waals surface area (Å²) < 4.78 is 5.39. The van der Waals surface area contributed by atoms with Crippen molar-refractivity contribution in [3.8, 4) is 5.75 Å². The van der Waals surface area contributed by atoms with E-state index >= 15 is 0 Å². The van der Waals surface area contributed by atoms with Crippen LogP contribution in [0.5, 0.6) is 5.75 Å². The molecule has 3 rings (SSSR count). The number of pyridine rings is 1. The summed E-state index contributed by atoms with van der Waals surface area (Å²) in [5.41, 5.74) is 3.48. The molecule has 146 valence electrons. The van der Waals surface area contributed by atoms with Crippen LogP contribution in [0, 0.1) is 19.8 Å². The van der Waals surface area contributed by atoms with Crippen molar-refractivity contribution in [3.05, 3.63) is 65.0 Å². The maximum atomic E-state index is 13.0. The Bertz CT molecular complexity index is 867. The molecule has 1 fully saturated rings. The molecule has 1 amide bonds. The van der Waals surface area contributed by atoms with Crippen LogP contribution in [-0.4, -0.2) is 41.8 Å². The van der Waals surface area contributed by atoms with Crippen LogP contribution in [0.25, 0.3) is 6.08 Å². The zero-order valence-corrected chi connectivity index (χ0v) is 16.6. The van der Waals surface area contributed by atoms with Gasteiger partial charge in [-0.3, -0.25) is 14.6 Å². The predicted octanol–water partition coefficient (Wildman–Crippen LogP) is 3.84. The monoisotopic (exact) mass is 378 g/mol. The molecule has 1 saturated heterocycles. The third kappa shape index (κ3) is 4.47. The Morgan fingerprint density at radius 1 is 1.25 bits per heavy atom. The second-order valence-corrected chi connectivity index (χ2v) is 7.25. The number of nitrogens with zero attached hydrogens (tertiary/aromatic N) is 2. The van der Waals surface area contributed by atoms with Crippen LogP contribution < -0.4 is 4.74 Å². The van der Waals surface area contributed by atoms with E-state index in [9.17, 15) is 9.59 Å². The van der Waals surface area contributed by atoms with E-state index in [2.05, 4.69) is 4.98 Å². The van der Waals surface area contributed by atoms with Gasteiger partial charge in [0, 0.05) is 43.0 Å². The Labute approximate surface area is 166 Å². The average molecular weight is 378 g/mol. The van der Waals surface area contributed by atoms with E-state index in [-0.39, 0.29) is 17.6 Å². The number of rotatable bonds is 5. The lowest BCUT2D eigenvalue weighted by molar-refractivity contribution is -0.127. The van der Waals surface area contributed by atoms with Crippen LogP contribution in [0.3, 0.4) is 0 Å². The Kier molecular flexibility index (Phi) is 6.24. The first-order valence-corrected chi connectivity index (χ1v) is 9.56. The summed E-state index contributed by atoms with van der Waals surface area (Å²) in [6.07, 6.45) is 8.36. The van der Waals surface area contributed by atoms with Crippen LogP contribution >= 0.6 is 0 Å². The minimum atomic E-state index is -0.170. The molecule has 0 aliphatic carbocycles. The highest BCUT2D eigenvalue weighted by Crippen LogP contribution is 2.28. The van der Waals surface area contributed by atoms with Gasteiger partial charge in [0.05, 0.1) is 7.11 Å². The van der Waals surface area contributed by atoms with Gasteiger partial charge >= 0.3 is 0 Å². The molecule has 2 heterocycles. The average Bonchev–Trinajstić information content (AvgIpc) is 2.72. The normalized spacial score (nSPS) is 17.0. The number of benzene rings is 1. The van der Waals surface area contributed by atoms with E-state index in [0.717, 1.165) is 35.3 Å². The number of carbonyl (C=O) groups is 2. The number of Topliss-reactive ketones (excluding diaryl/α,β-unsaturated/α-hetero) is 1. The summed E-state index contributed by atoms with van der Waals surface area (Å²) in [5, 5.41) is 0. The largest absolute Gasteiger partial charge is 0.496 e. The minimum absolute atomic E-state index is 0.0663. The number of ether oxygens (including phenoxy) is 1. The molecule has 0 bridgehead atoms. The molecule has 1 aromatic heterocycles. The fraction of sp³-hybridized carbons (Fsp3) is 0.348. The summed E-state index contributed by atoms with van der Waals surface area (Å²) in [7, 11) is 1.64. The lowest BCUT2D eigenvalue weighted by Gasteiger charge is -2.31. The van der Waals surface area contributed by atoms with Crippen molar-refractivity contribution in [2.24, 2.45) is 5.92 Å². The first-order chi connectivity index (χ1) is 13.5. The molecule has 28 heavy (non-hydrogen) atoms. The number of amides is 1. The molecule has 0 spiro atoms. The van der Waals surface area contributed by atoms with Crippen LogP contribution in [0.15, 0.2) is 42.7 Å². The van der Waals surface area contributed by atoms with Crippen molar-refractivity contribution in [3.63, 3.8) is 0 Å². The lowest BCUT2D eigenvalue weighted by atomic mass is 9.88. The van der Waals surface area contributed by atoms with Gasteiger partial charge in [0.25, 0.3) is 0 Å². The van der Waals surface area contributed by atoms with Crippen molar-refractivity contribution in [1.29, 1.82) is 0 Å². The number of aromatic nitrogens is 1. The van der Waals surface area contributed by atoms with E-state index in [4.69, 9.17) is 4.74 Å². The van der Waals surface area contributed by atoms with Gasteiger partial charge in [-0.1, -0.05) is 6.07 Å². The van der Waals surface area contributed by atoms with Gasteiger partial charge in [0.15, 0.2) is 5.78 Å². The second kappa shape index (κ2) is 8.83. The molecule has 5 nitrogen and oxygen atoms in total. The minimum Gasteiger partial charge on any atom is -0.496 e. The number of piperidine rings is 1. The van der Waals surface area contributed by atoms with Gasteiger partial charge in [-0.25, -0.2) is 0 Å². The number of likely N-dealkylation sites (tertiary alicyclic amines) is 1. The molecular weight excluding hydrogens is 352 g/mol. The van der Waals surface area contributed by atoms with Crippen LogP contribution in [0.2, 0.25) is 0 Å². The molecule has 1 aliphatic heterocycles. The van der Waals surface area contributed by atoms with Crippen LogP contribution in [-0.2, 0) is 4.79 Å². The van der Waals surface area contributed by atoms with Crippen molar-refractivity contribution < 1.29 is 14.3 Å². The highest BCUT2D eigenvalue weighted by atomic mass is 16.5. The molecule has 0 saturated carbocycles. The van der Waals surface area contributed by atoms with E-state index in [0.29, 0.717) is 18.7 Å². The van der Waals surface area contributed by atoms with Gasteiger partial charge in [-0.15, -0.1) is 0 Å². The van der Waals surface area contributed by atoms with E-state index in [1.807, 2.05) is 38.1 Å². The molecule has 0 N–H and O–H groups in total. The predicted molar refractivity (Wildman–Crippen MR) is 109 cm³/mol. The smallest absolute Gasteiger partial charge is 0.246 e. The molecule has 2 aromatic rings. The summed E-state index contributed by atoms with van der Waals surface area (Å²) in [6.45, 7) is 5.03. The van der Waals surface area contributed by atoms with Gasteiger partial charge in [0.2, 0.25) is 5.91 Å². The van der Waals surface area contributed by atoms with Gasteiger partial charge < -0.3 is 9.64 Å². The van der Waals surface area contributed by atoms with Gasteiger partial charge in [0.1, 0.15) is 5.75 Å². The number of ketones is 1. The van der Waals surface area contributed by atoms with Crippen LogP contribution in [0.1, 0.15) is 39.9 Å². The second-order valence-electron chi connectivity index (χ2n) is 7.25. The number of aryl methyl sites for hydroxylation is 2. The van der Waals surface area contributed by atoms with Crippen molar-refractivity contribution in [1.82, 2.24) is 9.88 Å². The van der Waals surface area contributed by atoms with Gasteiger partial charge in [-0.05, 0) is 67.7 Å². The molecule has 1 unspecified atom stereocenters. The van der Waals surface area contributed by atoms with E-state index in [1.165, 1.54) is 0 Å². The Morgan fingerprint density at radius 2 is 2.00 bits per heavy atom. The molecular formula is C23H26N2O3. The number of methoxy groups -OCH3 is 1.